The standard InChI is InChI=1S/C13H19N3/c1-4-16-9-10(2)5-6-12(16)11(3)13-14-7-8-15-13/h4,7-8,10H,1,5-6,9H2,2-3H3,(H,14,15)/b12-11+. The van der Waals surface area contributed by atoms with Crippen LogP contribution in [0.1, 0.15) is 32.5 Å². The highest BCUT2D eigenvalue weighted by Gasteiger charge is 2.20. The van der Waals surface area contributed by atoms with Crippen LogP contribution < -0.4 is 0 Å². The fourth-order valence-electron chi connectivity index (χ4n) is 2.26. The first-order valence-electron chi connectivity index (χ1n) is 5.81. The molecular formula is C13H19N3. The first kappa shape index (κ1) is 11.0. The van der Waals surface area contributed by atoms with Crippen LogP contribution in [-0.4, -0.2) is 21.4 Å². The Morgan fingerprint density at radius 2 is 2.50 bits per heavy atom. The van der Waals surface area contributed by atoms with Gasteiger partial charge in [-0.25, -0.2) is 4.98 Å². The molecule has 3 heteroatoms. The third-order valence-corrected chi connectivity index (χ3v) is 3.24. The molecule has 0 amide bonds. The van der Waals surface area contributed by atoms with Gasteiger partial charge in [0.15, 0.2) is 0 Å². The third-order valence-electron chi connectivity index (χ3n) is 3.24. The average Bonchev–Trinajstić information content (AvgIpc) is 2.81. The number of hydrogen-bond acceptors (Lipinski definition) is 2. The van der Waals surface area contributed by atoms with Crippen LogP contribution in [0.15, 0.2) is 30.9 Å². The zero-order chi connectivity index (χ0) is 11.5. The van der Waals surface area contributed by atoms with Crippen molar-refractivity contribution in [2.24, 2.45) is 5.92 Å². The molecule has 0 bridgehead atoms. The normalized spacial score (nSPS) is 24.4. The number of likely N-dealkylation sites (tertiary alicyclic amines) is 1. The number of H-pyrrole nitrogens is 1. The van der Waals surface area contributed by atoms with Crippen LogP contribution >= 0.6 is 0 Å². The van der Waals surface area contributed by atoms with Gasteiger partial charge in [-0.05, 0) is 31.9 Å². The number of nitrogens with zero attached hydrogens (tertiary/aromatic N) is 2. The Labute approximate surface area is 96.9 Å². The van der Waals surface area contributed by atoms with Gasteiger partial charge in [-0.3, -0.25) is 0 Å². The van der Waals surface area contributed by atoms with E-state index in [2.05, 4.69) is 35.3 Å². The van der Waals surface area contributed by atoms with Crippen molar-refractivity contribution in [1.29, 1.82) is 0 Å². The van der Waals surface area contributed by atoms with Gasteiger partial charge in [0.2, 0.25) is 0 Å². The Kier molecular flexibility index (Phi) is 3.13. The van der Waals surface area contributed by atoms with Crippen LogP contribution in [0.5, 0.6) is 0 Å². The lowest BCUT2D eigenvalue weighted by atomic mass is 9.95. The molecule has 0 saturated carbocycles. The van der Waals surface area contributed by atoms with E-state index in [0.717, 1.165) is 24.7 Å². The van der Waals surface area contributed by atoms with Crippen molar-refractivity contribution >= 4 is 5.57 Å². The van der Waals surface area contributed by atoms with Crippen LogP contribution in [0.2, 0.25) is 0 Å². The van der Waals surface area contributed by atoms with Gasteiger partial charge in [0.25, 0.3) is 0 Å². The van der Waals surface area contributed by atoms with Crippen molar-refractivity contribution < 1.29 is 0 Å². The maximum absolute atomic E-state index is 4.30. The molecule has 1 N–H and O–H groups in total. The number of aromatic amines is 1. The molecule has 1 fully saturated rings. The second kappa shape index (κ2) is 4.56. The second-order valence-electron chi connectivity index (χ2n) is 4.49. The minimum absolute atomic E-state index is 0.742. The number of imidazole rings is 1. The summed E-state index contributed by atoms with van der Waals surface area (Å²) in [4.78, 5) is 9.72. The summed E-state index contributed by atoms with van der Waals surface area (Å²) in [6.45, 7) is 9.37. The molecule has 2 heterocycles. The van der Waals surface area contributed by atoms with Crippen molar-refractivity contribution in [2.45, 2.75) is 26.7 Å². The maximum Gasteiger partial charge on any atom is 0.134 e. The van der Waals surface area contributed by atoms with E-state index >= 15 is 0 Å². The number of allylic oxidation sites excluding steroid dienone is 2. The van der Waals surface area contributed by atoms with Crippen molar-refractivity contribution in [3.05, 3.63) is 36.7 Å². The Balaban J connectivity index is 2.30. The van der Waals surface area contributed by atoms with E-state index in [1.54, 1.807) is 6.20 Å². The van der Waals surface area contributed by atoms with E-state index < -0.39 is 0 Å². The molecule has 1 saturated heterocycles. The smallest absolute Gasteiger partial charge is 0.134 e. The van der Waals surface area contributed by atoms with E-state index in [-0.39, 0.29) is 0 Å². The Hall–Kier alpha value is -1.51. The summed E-state index contributed by atoms with van der Waals surface area (Å²) in [6, 6.07) is 0. The molecule has 1 aromatic heterocycles. The van der Waals surface area contributed by atoms with Gasteiger partial charge >= 0.3 is 0 Å². The van der Waals surface area contributed by atoms with Crippen molar-refractivity contribution in [3.8, 4) is 0 Å². The molecule has 0 aliphatic carbocycles. The van der Waals surface area contributed by atoms with E-state index in [9.17, 15) is 0 Å². The minimum atomic E-state index is 0.742. The Bertz CT molecular complexity index is 389. The fourth-order valence-corrected chi connectivity index (χ4v) is 2.26. The highest BCUT2D eigenvalue weighted by molar-refractivity contribution is 5.61. The van der Waals surface area contributed by atoms with E-state index in [1.165, 1.54) is 17.7 Å². The highest BCUT2D eigenvalue weighted by Crippen LogP contribution is 2.29. The molecule has 1 atom stereocenters. The van der Waals surface area contributed by atoms with Crippen LogP contribution in [0.3, 0.4) is 0 Å². The van der Waals surface area contributed by atoms with Crippen molar-refractivity contribution in [2.75, 3.05) is 6.54 Å². The molecule has 2 rings (SSSR count). The van der Waals surface area contributed by atoms with Gasteiger partial charge in [-0.1, -0.05) is 13.5 Å². The van der Waals surface area contributed by atoms with E-state index in [4.69, 9.17) is 0 Å². The third kappa shape index (κ3) is 2.03. The first-order valence-corrected chi connectivity index (χ1v) is 5.81. The van der Waals surface area contributed by atoms with E-state index in [1.807, 2.05) is 12.4 Å². The quantitative estimate of drug-likeness (QED) is 0.825. The maximum atomic E-state index is 4.30. The summed E-state index contributed by atoms with van der Waals surface area (Å²) in [5.41, 5.74) is 2.58. The van der Waals surface area contributed by atoms with Crippen molar-refractivity contribution in [1.82, 2.24) is 14.9 Å². The zero-order valence-electron chi connectivity index (χ0n) is 10.0. The van der Waals surface area contributed by atoms with Crippen LogP contribution in [0.4, 0.5) is 0 Å². The Morgan fingerprint density at radius 3 is 3.12 bits per heavy atom. The molecular weight excluding hydrogens is 198 g/mol. The topological polar surface area (TPSA) is 31.9 Å². The lowest BCUT2D eigenvalue weighted by Crippen LogP contribution is -2.28. The van der Waals surface area contributed by atoms with Gasteiger partial charge in [0.1, 0.15) is 5.82 Å². The number of aromatic nitrogens is 2. The monoisotopic (exact) mass is 217 g/mol. The number of piperidine rings is 1. The molecule has 1 aliphatic rings. The number of hydrogen-bond donors (Lipinski definition) is 1. The molecule has 16 heavy (non-hydrogen) atoms. The molecule has 1 unspecified atom stereocenters. The molecule has 86 valence electrons. The number of nitrogens with one attached hydrogen (secondary N) is 1. The second-order valence-corrected chi connectivity index (χ2v) is 4.49. The molecule has 3 nitrogen and oxygen atoms in total. The molecule has 0 radical (unpaired) electrons. The lowest BCUT2D eigenvalue weighted by Gasteiger charge is -2.33. The van der Waals surface area contributed by atoms with Crippen LogP contribution in [0.25, 0.3) is 5.57 Å². The van der Waals surface area contributed by atoms with Gasteiger partial charge in [0, 0.05) is 30.2 Å². The van der Waals surface area contributed by atoms with Gasteiger partial charge < -0.3 is 9.88 Å². The summed E-state index contributed by atoms with van der Waals surface area (Å²) in [5.74, 6) is 1.71. The van der Waals surface area contributed by atoms with Crippen LogP contribution in [0, 0.1) is 5.92 Å². The average molecular weight is 217 g/mol. The van der Waals surface area contributed by atoms with Crippen LogP contribution in [-0.2, 0) is 0 Å². The SMILES string of the molecule is C=CN1CC(C)CC/C1=C(/C)c1ncc[nH]1. The Morgan fingerprint density at radius 1 is 1.69 bits per heavy atom. The molecule has 1 aliphatic heterocycles. The molecule has 0 spiro atoms. The summed E-state index contributed by atoms with van der Waals surface area (Å²) in [5, 5.41) is 0. The summed E-state index contributed by atoms with van der Waals surface area (Å²) < 4.78 is 0. The molecule has 0 aromatic carbocycles. The first-order chi connectivity index (χ1) is 7.72. The summed E-state index contributed by atoms with van der Waals surface area (Å²) >= 11 is 0. The largest absolute Gasteiger partial charge is 0.351 e. The molecule has 1 aromatic rings. The predicted molar refractivity (Wildman–Crippen MR) is 66.5 cm³/mol. The number of rotatable bonds is 2. The predicted octanol–water partition coefficient (Wildman–Crippen LogP) is 3.02. The van der Waals surface area contributed by atoms with Crippen molar-refractivity contribution in [3.63, 3.8) is 0 Å². The van der Waals surface area contributed by atoms with Gasteiger partial charge in [0.05, 0.1) is 0 Å². The van der Waals surface area contributed by atoms with Gasteiger partial charge in [-0.15, -0.1) is 0 Å². The van der Waals surface area contributed by atoms with Gasteiger partial charge in [-0.2, -0.15) is 0 Å². The lowest BCUT2D eigenvalue weighted by molar-refractivity contribution is 0.305. The van der Waals surface area contributed by atoms with E-state index in [0.29, 0.717) is 0 Å². The highest BCUT2D eigenvalue weighted by atomic mass is 15.1. The fraction of sp³-hybridized carbons (Fsp3) is 0.462. The minimum Gasteiger partial charge on any atom is -0.351 e. The summed E-state index contributed by atoms with van der Waals surface area (Å²) in [7, 11) is 0. The summed E-state index contributed by atoms with van der Waals surface area (Å²) in [6.07, 6.45) is 7.95. The zero-order valence-corrected chi connectivity index (χ0v) is 10.0.